The van der Waals surface area contributed by atoms with E-state index in [0.717, 1.165) is 38.3 Å². The van der Waals surface area contributed by atoms with Crippen molar-refractivity contribution in [2.45, 2.75) is 20.0 Å². The van der Waals surface area contributed by atoms with Crippen molar-refractivity contribution in [3.8, 4) is 0 Å². The van der Waals surface area contributed by atoms with Gasteiger partial charge < -0.3 is 4.90 Å². The van der Waals surface area contributed by atoms with Crippen molar-refractivity contribution in [1.82, 2.24) is 29.4 Å². The Hall–Kier alpha value is -2.15. The van der Waals surface area contributed by atoms with Crippen LogP contribution in [0.2, 0.25) is 0 Å². The first kappa shape index (κ1) is 14.8. The zero-order valence-electron chi connectivity index (χ0n) is 13.1. The fourth-order valence-electron chi connectivity index (χ4n) is 2.76. The highest BCUT2D eigenvalue weighted by Gasteiger charge is 2.21. The van der Waals surface area contributed by atoms with Crippen LogP contribution >= 0.6 is 0 Å². The average Bonchev–Trinajstić information content (AvgIpc) is 3.08. The molecule has 0 spiro atoms. The van der Waals surface area contributed by atoms with E-state index in [2.05, 4.69) is 15.1 Å². The van der Waals surface area contributed by atoms with Crippen LogP contribution < -0.4 is 0 Å². The zero-order valence-corrected chi connectivity index (χ0v) is 13.1. The summed E-state index contributed by atoms with van der Waals surface area (Å²) in [6.07, 6.45) is 7.62. The van der Waals surface area contributed by atoms with Crippen LogP contribution in [0.15, 0.2) is 24.8 Å². The van der Waals surface area contributed by atoms with Crippen molar-refractivity contribution < 1.29 is 4.79 Å². The van der Waals surface area contributed by atoms with Gasteiger partial charge in [0.1, 0.15) is 6.54 Å². The highest BCUT2D eigenvalue weighted by molar-refractivity contribution is 5.76. The van der Waals surface area contributed by atoms with Crippen LogP contribution in [0.5, 0.6) is 0 Å². The van der Waals surface area contributed by atoms with Crippen molar-refractivity contribution in [3.05, 3.63) is 35.9 Å². The minimum Gasteiger partial charge on any atom is -0.339 e. The number of hydrogen-bond acceptors (Lipinski definition) is 4. The molecule has 0 radical (unpaired) electrons. The second-order valence-corrected chi connectivity index (χ2v) is 5.89. The van der Waals surface area contributed by atoms with E-state index in [1.54, 1.807) is 10.9 Å². The monoisotopic (exact) mass is 302 g/mol. The maximum atomic E-state index is 12.3. The fraction of sp³-hybridized carbons (Fsp3) is 0.533. The quantitative estimate of drug-likeness (QED) is 0.813. The predicted molar refractivity (Wildman–Crippen MR) is 82.0 cm³/mol. The first-order chi connectivity index (χ1) is 10.6. The molecule has 2 aromatic heterocycles. The number of hydrogen-bond donors (Lipinski definition) is 0. The molecule has 2 aromatic rings. The maximum absolute atomic E-state index is 12.3. The van der Waals surface area contributed by atoms with Crippen LogP contribution in [0.4, 0.5) is 0 Å². The van der Waals surface area contributed by atoms with Gasteiger partial charge >= 0.3 is 0 Å². The van der Waals surface area contributed by atoms with Gasteiger partial charge in [0.25, 0.3) is 0 Å². The molecule has 3 heterocycles. The zero-order chi connectivity index (χ0) is 15.5. The third-order valence-electron chi connectivity index (χ3n) is 3.95. The largest absolute Gasteiger partial charge is 0.339 e. The number of amides is 1. The molecule has 118 valence electrons. The molecule has 22 heavy (non-hydrogen) atoms. The molecule has 7 heteroatoms. The Labute approximate surface area is 130 Å². The lowest BCUT2D eigenvalue weighted by molar-refractivity contribution is -0.133. The highest BCUT2D eigenvalue weighted by atomic mass is 16.2. The molecule has 1 aliphatic rings. The molecule has 0 bridgehead atoms. The molecule has 0 aromatic carbocycles. The van der Waals surface area contributed by atoms with Gasteiger partial charge in [-0.1, -0.05) is 0 Å². The first-order valence-corrected chi connectivity index (χ1v) is 7.57. The Morgan fingerprint density at radius 1 is 1.14 bits per heavy atom. The van der Waals surface area contributed by atoms with Crippen molar-refractivity contribution in [1.29, 1.82) is 0 Å². The van der Waals surface area contributed by atoms with Crippen LogP contribution in [-0.4, -0.2) is 61.4 Å². The number of rotatable bonds is 4. The molecule has 1 saturated heterocycles. The van der Waals surface area contributed by atoms with Crippen LogP contribution in [0.1, 0.15) is 11.1 Å². The fourth-order valence-corrected chi connectivity index (χ4v) is 2.76. The lowest BCUT2D eigenvalue weighted by atomic mass is 10.2. The minimum atomic E-state index is 0.143. The standard InChI is InChI=1S/C15H22N6O/c1-13-7-17-21(9-13)12-15(22)20-5-3-19(4-6-20)11-14-8-16-18(2)10-14/h7-10H,3-6,11-12H2,1-2H3. The lowest BCUT2D eigenvalue weighted by Crippen LogP contribution is -2.49. The number of nitrogens with zero attached hydrogens (tertiary/aromatic N) is 6. The lowest BCUT2D eigenvalue weighted by Gasteiger charge is -2.34. The van der Waals surface area contributed by atoms with E-state index in [-0.39, 0.29) is 5.91 Å². The van der Waals surface area contributed by atoms with E-state index in [1.165, 1.54) is 5.56 Å². The molecule has 1 fully saturated rings. The average molecular weight is 302 g/mol. The summed E-state index contributed by atoms with van der Waals surface area (Å²) in [6, 6.07) is 0. The Kier molecular flexibility index (Phi) is 4.24. The predicted octanol–water partition coefficient (Wildman–Crippen LogP) is 0.269. The summed E-state index contributed by atoms with van der Waals surface area (Å²) in [5, 5.41) is 8.36. The minimum absolute atomic E-state index is 0.143. The summed E-state index contributed by atoms with van der Waals surface area (Å²) in [5.74, 6) is 0.143. The third kappa shape index (κ3) is 3.54. The van der Waals surface area contributed by atoms with E-state index in [4.69, 9.17) is 0 Å². The van der Waals surface area contributed by atoms with E-state index in [9.17, 15) is 4.79 Å². The molecule has 3 rings (SSSR count). The Bertz CT molecular complexity index is 638. The van der Waals surface area contributed by atoms with Gasteiger partial charge in [-0.15, -0.1) is 0 Å². The number of carbonyl (C=O) groups excluding carboxylic acids is 1. The Balaban J connectivity index is 1.47. The topological polar surface area (TPSA) is 59.2 Å². The van der Waals surface area contributed by atoms with Crippen molar-refractivity contribution in [3.63, 3.8) is 0 Å². The molecule has 0 atom stereocenters. The van der Waals surface area contributed by atoms with Gasteiger partial charge in [-0.2, -0.15) is 10.2 Å². The van der Waals surface area contributed by atoms with E-state index in [0.29, 0.717) is 6.54 Å². The summed E-state index contributed by atoms with van der Waals surface area (Å²) in [4.78, 5) is 16.6. The van der Waals surface area contributed by atoms with Crippen LogP contribution in [0.25, 0.3) is 0 Å². The normalized spacial score (nSPS) is 16.2. The number of carbonyl (C=O) groups is 1. The van der Waals surface area contributed by atoms with Gasteiger partial charge in [0.2, 0.25) is 5.91 Å². The molecule has 0 N–H and O–H groups in total. The Morgan fingerprint density at radius 3 is 2.50 bits per heavy atom. The molecule has 0 aliphatic carbocycles. The second kappa shape index (κ2) is 6.31. The molecule has 7 nitrogen and oxygen atoms in total. The van der Waals surface area contributed by atoms with E-state index in [1.807, 2.05) is 42.1 Å². The second-order valence-electron chi connectivity index (χ2n) is 5.89. The third-order valence-corrected chi connectivity index (χ3v) is 3.95. The molecular weight excluding hydrogens is 280 g/mol. The SMILES string of the molecule is Cc1cnn(CC(=O)N2CCN(Cc3cnn(C)c3)CC2)c1. The van der Waals surface area contributed by atoms with Gasteiger partial charge in [0, 0.05) is 57.7 Å². The van der Waals surface area contributed by atoms with Crippen LogP contribution in [0, 0.1) is 6.92 Å². The summed E-state index contributed by atoms with van der Waals surface area (Å²) in [5.41, 5.74) is 2.29. The Morgan fingerprint density at radius 2 is 1.91 bits per heavy atom. The molecule has 0 unspecified atom stereocenters. The first-order valence-electron chi connectivity index (χ1n) is 7.57. The van der Waals surface area contributed by atoms with Crippen molar-refractivity contribution >= 4 is 5.91 Å². The number of aryl methyl sites for hydroxylation is 2. The van der Waals surface area contributed by atoms with Crippen LogP contribution in [-0.2, 0) is 24.9 Å². The maximum Gasteiger partial charge on any atom is 0.244 e. The van der Waals surface area contributed by atoms with Crippen LogP contribution in [0.3, 0.4) is 0 Å². The van der Waals surface area contributed by atoms with Gasteiger partial charge in [0.05, 0.1) is 12.4 Å². The summed E-state index contributed by atoms with van der Waals surface area (Å²) in [6.45, 7) is 6.56. The summed E-state index contributed by atoms with van der Waals surface area (Å²) < 4.78 is 3.53. The van der Waals surface area contributed by atoms with Gasteiger partial charge in [-0.3, -0.25) is 19.1 Å². The molecular formula is C15H22N6O. The molecule has 0 saturated carbocycles. The van der Waals surface area contributed by atoms with E-state index >= 15 is 0 Å². The van der Waals surface area contributed by atoms with Gasteiger partial charge in [0.15, 0.2) is 0 Å². The van der Waals surface area contributed by atoms with Crippen molar-refractivity contribution in [2.75, 3.05) is 26.2 Å². The highest BCUT2D eigenvalue weighted by Crippen LogP contribution is 2.08. The number of piperazine rings is 1. The van der Waals surface area contributed by atoms with Gasteiger partial charge in [-0.05, 0) is 12.5 Å². The van der Waals surface area contributed by atoms with Gasteiger partial charge in [-0.25, -0.2) is 0 Å². The van der Waals surface area contributed by atoms with Crippen molar-refractivity contribution in [2.24, 2.45) is 7.05 Å². The summed E-state index contributed by atoms with van der Waals surface area (Å²) >= 11 is 0. The smallest absolute Gasteiger partial charge is 0.244 e. The summed E-state index contributed by atoms with van der Waals surface area (Å²) in [7, 11) is 1.93. The molecule has 1 aliphatic heterocycles. The van der Waals surface area contributed by atoms with E-state index < -0.39 is 0 Å². The number of aromatic nitrogens is 4. The molecule has 1 amide bonds.